The first-order valence-electron chi connectivity index (χ1n) is 15.5. The Morgan fingerprint density at radius 2 is 1.79 bits per heavy atom. The fourth-order valence-electron chi connectivity index (χ4n) is 8.50. The molecule has 0 amide bonds. The molecule has 0 saturated heterocycles. The molecule has 3 nitrogen and oxygen atoms in total. The van der Waals surface area contributed by atoms with Gasteiger partial charge in [0.25, 0.3) is 0 Å². The molecule has 0 aromatic carbocycles. The zero-order chi connectivity index (χ0) is 28.8. The molecule has 3 saturated carbocycles. The molecule has 0 radical (unpaired) electrons. The first-order chi connectivity index (χ1) is 18.3. The van der Waals surface area contributed by atoms with E-state index < -0.39 is 0 Å². The Kier molecular flexibility index (Phi) is 15.7. The second-order valence-electron chi connectivity index (χ2n) is 12.3. The van der Waals surface area contributed by atoms with E-state index in [1.165, 1.54) is 57.1 Å². The summed E-state index contributed by atoms with van der Waals surface area (Å²) in [6.45, 7) is 27.9. The Morgan fingerprint density at radius 3 is 2.37 bits per heavy atom. The molecule has 0 spiro atoms. The second kappa shape index (κ2) is 17.3. The number of nitrogens with one attached hydrogen (secondary N) is 2. The Balaban J connectivity index is 0.00000225. The van der Waals surface area contributed by atoms with Gasteiger partial charge in [-0.25, -0.2) is 0 Å². The topological polar surface area (TPSA) is 36.4 Å². The van der Waals surface area contributed by atoms with Crippen LogP contribution in [0.15, 0.2) is 55.1 Å². The van der Waals surface area contributed by atoms with Crippen molar-refractivity contribution in [3.63, 3.8) is 0 Å². The van der Waals surface area contributed by atoms with Crippen LogP contribution in [0, 0.1) is 34.5 Å². The summed E-state index contributed by atoms with van der Waals surface area (Å²) in [4.78, 5) is 5.17. The summed E-state index contributed by atoms with van der Waals surface area (Å²) >= 11 is 0. The van der Waals surface area contributed by atoms with Gasteiger partial charge in [0.2, 0.25) is 0 Å². The number of hydrogen-bond donors (Lipinski definition) is 2. The van der Waals surface area contributed by atoms with Gasteiger partial charge in [0.15, 0.2) is 0 Å². The lowest BCUT2D eigenvalue weighted by molar-refractivity contribution is -0.0408. The maximum Gasteiger partial charge on any atom is 0.0403 e. The van der Waals surface area contributed by atoms with E-state index in [0.29, 0.717) is 22.8 Å². The first-order valence-corrected chi connectivity index (χ1v) is 15.5. The Hall–Kier alpha value is -1.45. The standard InChI is InChI=1S/C31H52N2.C2H7N.C2H4.H2/c1-8-12-24-13-14-26-28-16-15-27(23(5)32-22-18-25(11-4)33-21-10-3)31(28,7)20-17-29(26)30(24,6)19-9-2;1-3-2;1-2;/h8,10,12,25-29,33H,1,3,9,11,13-22H2,2,4-7H3;3H,1-2H3;1-2H2;1H/b24-12-,32-23?;;;. The molecular formula is C35H65N3. The summed E-state index contributed by atoms with van der Waals surface area (Å²) in [6, 6.07) is 0.554. The summed E-state index contributed by atoms with van der Waals surface area (Å²) in [5.74, 6) is 3.32. The third-order valence-corrected chi connectivity index (χ3v) is 10.2. The number of allylic oxidation sites excluding steroid dienone is 3. The number of aliphatic imine (C=N–C) groups is 1. The van der Waals surface area contributed by atoms with Crippen molar-refractivity contribution in [3.05, 3.63) is 50.1 Å². The van der Waals surface area contributed by atoms with Crippen LogP contribution in [0.25, 0.3) is 0 Å². The fourth-order valence-corrected chi connectivity index (χ4v) is 8.50. The van der Waals surface area contributed by atoms with Gasteiger partial charge in [-0.2, -0.15) is 0 Å². The van der Waals surface area contributed by atoms with Crippen LogP contribution in [0.4, 0.5) is 0 Å². The minimum atomic E-state index is 0. The van der Waals surface area contributed by atoms with Gasteiger partial charge in [-0.3, -0.25) is 4.99 Å². The summed E-state index contributed by atoms with van der Waals surface area (Å²) < 4.78 is 0. The maximum absolute atomic E-state index is 5.17. The van der Waals surface area contributed by atoms with E-state index in [-0.39, 0.29) is 1.43 Å². The Bertz CT molecular complexity index is 774. The van der Waals surface area contributed by atoms with E-state index >= 15 is 0 Å². The first kappa shape index (κ1) is 34.6. The van der Waals surface area contributed by atoms with Crippen LogP contribution in [-0.4, -0.2) is 38.9 Å². The van der Waals surface area contributed by atoms with E-state index in [1.54, 1.807) is 5.57 Å². The number of rotatable bonds is 11. The van der Waals surface area contributed by atoms with Crippen molar-refractivity contribution >= 4 is 5.71 Å². The predicted molar refractivity (Wildman–Crippen MR) is 174 cm³/mol. The third kappa shape index (κ3) is 8.04. The molecule has 3 aliphatic rings. The highest BCUT2D eigenvalue weighted by Gasteiger charge is 2.58. The number of fused-ring (bicyclic) bond motifs is 3. The molecular weight excluding hydrogens is 462 g/mol. The SMILES string of the molecule is C=C.C=C/C=C1/CCC2C(CCC3(C)C(C(C)=NCCC(CC)NCC=C)CCC23)C1(C)CCC.CNC.[HH]. The smallest absolute Gasteiger partial charge is 0.0403 e. The van der Waals surface area contributed by atoms with E-state index in [9.17, 15) is 0 Å². The summed E-state index contributed by atoms with van der Waals surface area (Å²) in [6.07, 6.45) is 19.5. The number of hydrogen-bond acceptors (Lipinski definition) is 3. The Morgan fingerprint density at radius 1 is 1.11 bits per heavy atom. The Labute approximate surface area is 239 Å². The normalized spacial score (nSPS) is 34.1. The van der Waals surface area contributed by atoms with Crippen molar-refractivity contribution < 1.29 is 1.43 Å². The lowest BCUT2D eigenvalue weighted by atomic mass is 9.47. The average Bonchev–Trinajstić information content (AvgIpc) is 3.27. The molecule has 7 unspecified atom stereocenters. The molecule has 2 N–H and O–H groups in total. The largest absolute Gasteiger partial charge is 0.323 e. The predicted octanol–water partition coefficient (Wildman–Crippen LogP) is 9.05. The van der Waals surface area contributed by atoms with Gasteiger partial charge in [0, 0.05) is 32.2 Å². The van der Waals surface area contributed by atoms with Crippen molar-refractivity contribution in [2.45, 2.75) is 105 Å². The molecule has 3 rings (SSSR count). The summed E-state index contributed by atoms with van der Waals surface area (Å²) in [5.41, 5.74) is 3.96. The van der Waals surface area contributed by atoms with Crippen LogP contribution < -0.4 is 10.6 Å². The summed E-state index contributed by atoms with van der Waals surface area (Å²) in [7, 11) is 3.75. The van der Waals surface area contributed by atoms with Crippen LogP contribution in [0.5, 0.6) is 0 Å². The van der Waals surface area contributed by atoms with Gasteiger partial charge in [-0.15, -0.1) is 19.7 Å². The molecule has 3 fully saturated rings. The third-order valence-electron chi connectivity index (χ3n) is 10.2. The molecule has 3 aliphatic carbocycles. The van der Waals surface area contributed by atoms with E-state index in [0.717, 1.165) is 43.7 Å². The minimum Gasteiger partial charge on any atom is -0.323 e. The molecule has 0 aliphatic heterocycles. The van der Waals surface area contributed by atoms with Crippen LogP contribution in [0.2, 0.25) is 0 Å². The highest BCUT2D eigenvalue weighted by atomic mass is 14.9. The van der Waals surface area contributed by atoms with Gasteiger partial charge in [-0.1, -0.05) is 64.5 Å². The van der Waals surface area contributed by atoms with Crippen molar-refractivity contribution in [2.75, 3.05) is 27.2 Å². The monoisotopic (exact) mass is 528 g/mol. The molecule has 0 heterocycles. The van der Waals surface area contributed by atoms with Crippen LogP contribution >= 0.6 is 0 Å². The van der Waals surface area contributed by atoms with Crippen LogP contribution in [0.3, 0.4) is 0 Å². The van der Waals surface area contributed by atoms with Gasteiger partial charge in [0.05, 0.1) is 0 Å². The molecule has 7 atom stereocenters. The van der Waals surface area contributed by atoms with Crippen molar-refractivity contribution in [2.24, 2.45) is 39.5 Å². The molecule has 3 heteroatoms. The van der Waals surface area contributed by atoms with Crippen molar-refractivity contribution in [3.8, 4) is 0 Å². The molecule has 0 aromatic heterocycles. The second-order valence-corrected chi connectivity index (χ2v) is 12.3. The van der Waals surface area contributed by atoms with Crippen LogP contribution in [-0.2, 0) is 0 Å². The number of nitrogens with zero attached hydrogens (tertiary/aromatic N) is 1. The molecule has 220 valence electrons. The highest BCUT2D eigenvalue weighted by Crippen LogP contribution is 2.66. The van der Waals surface area contributed by atoms with Gasteiger partial charge < -0.3 is 10.6 Å². The quantitative estimate of drug-likeness (QED) is 0.208. The van der Waals surface area contributed by atoms with Gasteiger partial charge in [-0.05, 0) is 107 Å². The lowest BCUT2D eigenvalue weighted by Crippen LogP contribution is -2.50. The molecule has 0 aromatic rings. The summed E-state index contributed by atoms with van der Waals surface area (Å²) in [5, 5.41) is 6.33. The fraction of sp³-hybridized carbons (Fsp3) is 0.743. The molecule has 0 bridgehead atoms. The zero-order valence-electron chi connectivity index (χ0n) is 26.4. The highest BCUT2D eigenvalue weighted by molar-refractivity contribution is 5.85. The van der Waals surface area contributed by atoms with E-state index in [2.05, 4.69) is 77.6 Å². The van der Waals surface area contributed by atoms with Gasteiger partial charge in [0.1, 0.15) is 0 Å². The van der Waals surface area contributed by atoms with E-state index in [4.69, 9.17) is 4.99 Å². The zero-order valence-corrected chi connectivity index (χ0v) is 26.4. The maximum atomic E-state index is 5.17. The van der Waals surface area contributed by atoms with Crippen molar-refractivity contribution in [1.82, 2.24) is 10.6 Å². The lowest BCUT2D eigenvalue weighted by Gasteiger charge is -2.57. The van der Waals surface area contributed by atoms with Crippen LogP contribution in [0.1, 0.15) is 100 Å². The minimum absolute atomic E-state index is 0. The van der Waals surface area contributed by atoms with E-state index in [1.807, 2.05) is 26.2 Å². The average molecular weight is 528 g/mol. The van der Waals surface area contributed by atoms with Gasteiger partial charge >= 0.3 is 0 Å². The molecule has 38 heavy (non-hydrogen) atoms. The van der Waals surface area contributed by atoms with Crippen molar-refractivity contribution in [1.29, 1.82) is 0 Å².